The van der Waals surface area contributed by atoms with Crippen LogP contribution in [0.2, 0.25) is 19.6 Å². The van der Waals surface area contributed by atoms with E-state index in [9.17, 15) is 0 Å². The largest absolute Gasteiger partial charge is 0.214 e. The quantitative estimate of drug-likeness (QED) is 0.509. The van der Waals surface area contributed by atoms with Gasteiger partial charge in [0, 0.05) is 34.3 Å². The molecule has 0 unspecified atom stereocenters. The van der Waals surface area contributed by atoms with Crippen molar-refractivity contribution in [2.75, 3.05) is 0 Å². The SMILES string of the molecule is C[Si](C)(C)[c-]1cccc1.[Zr]. The van der Waals surface area contributed by atoms with Crippen molar-refractivity contribution in [3.8, 4) is 0 Å². The molecule has 0 aliphatic rings. The van der Waals surface area contributed by atoms with Gasteiger partial charge in [0.1, 0.15) is 0 Å². The normalized spacial score (nSPS) is 10.7. The molecule has 1 aromatic rings. The van der Waals surface area contributed by atoms with E-state index in [-0.39, 0.29) is 26.2 Å². The van der Waals surface area contributed by atoms with Gasteiger partial charge in [-0.2, -0.15) is 17.3 Å². The van der Waals surface area contributed by atoms with Crippen molar-refractivity contribution in [2.45, 2.75) is 19.6 Å². The van der Waals surface area contributed by atoms with Crippen molar-refractivity contribution < 1.29 is 26.2 Å². The van der Waals surface area contributed by atoms with Gasteiger partial charge in [-0.1, -0.05) is 19.6 Å². The standard InChI is InChI=1S/C8H13Si.Zr/c1-9(2,3)8-6-4-5-7-8;/h4-7H,1-3H3;/q-1;. The van der Waals surface area contributed by atoms with Gasteiger partial charge in [-0.15, -0.1) is 0 Å². The number of hydrogen-bond acceptors (Lipinski definition) is 0. The fourth-order valence-electron chi connectivity index (χ4n) is 0.874. The van der Waals surface area contributed by atoms with E-state index in [1.807, 2.05) is 0 Å². The fraction of sp³-hybridized carbons (Fsp3) is 0.375. The molecule has 54 valence electrons. The van der Waals surface area contributed by atoms with Crippen molar-refractivity contribution in [2.24, 2.45) is 0 Å². The third-order valence-corrected chi connectivity index (χ3v) is 3.59. The van der Waals surface area contributed by atoms with Crippen LogP contribution < -0.4 is 5.19 Å². The Morgan fingerprint density at radius 2 is 1.40 bits per heavy atom. The molecule has 0 saturated carbocycles. The molecular formula is C8H13SiZr-. The van der Waals surface area contributed by atoms with E-state index in [4.69, 9.17) is 0 Å². The first-order valence-corrected chi connectivity index (χ1v) is 6.83. The Hall–Kier alpha value is 0.450. The molecular weight excluding hydrogens is 215 g/mol. The zero-order chi connectivity index (χ0) is 6.91. The second-order valence-electron chi connectivity index (χ2n) is 3.42. The van der Waals surface area contributed by atoms with E-state index in [1.54, 1.807) is 5.19 Å². The van der Waals surface area contributed by atoms with Crippen molar-refractivity contribution in [1.82, 2.24) is 0 Å². The molecule has 10 heavy (non-hydrogen) atoms. The van der Waals surface area contributed by atoms with E-state index in [0.717, 1.165) is 0 Å². The van der Waals surface area contributed by atoms with Crippen LogP contribution in [-0.2, 0) is 26.2 Å². The molecule has 1 rings (SSSR count). The Morgan fingerprint density at radius 3 is 1.60 bits per heavy atom. The van der Waals surface area contributed by atoms with Gasteiger partial charge < -0.3 is 0 Å². The second-order valence-corrected chi connectivity index (χ2v) is 8.50. The van der Waals surface area contributed by atoms with Crippen LogP contribution in [-0.4, -0.2) is 8.07 Å². The van der Waals surface area contributed by atoms with E-state index in [1.165, 1.54) is 0 Å². The summed E-state index contributed by atoms with van der Waals surface area (Å²) in [6.07, 6.45) is 0. The topological polar surface area (TPSA) is 0 Å². The molecule has 0 aromatic heterocycles. The van der Waals surface area contributed by atoms with Crippen molar-refractivity contribution in [1.29, 1.82) is 0 Å². The van der Waals surface area contributed by atoms with Crippen LogP contribution in [0.3, 0.4) is 0 Å². The predicted molar refractivity (Wildman–Crippen MR) is 45.0 cm³/mol. The molecule has 0 nitrogen and oxygen atoms in total. The van der Waals surface area contributed by atoms with E-state index < -0.39 is 8.07 Å². The van der Waals surface area contributed by atoms with Crippen LogP contribution in [0.15, 0.2) is 24.3 Å². The minimum absolute atomic E-state index is 0. The van der Waals surface area contributed by atoms with Gasteiger partial charge in [0.25, 0.3) is 0 Å². The van der Waals surface area contributed by atoms with Crippen LogP contribution >= 0.6 is 0 Å². The van der Waals surface area contributed by atoms with Crippen molar-refractivity contribution >= 4 is 13.3 Å². The molecule has 0 atom stereocenters. The molecule has 0 radical (unpaired) electrons. The molecule has 0 bridgehead atoms. The Kier molecular flexibility index (Phi) is 3.90. The minimum atomic E-state index is -0.981. The van der Waals surface area contributed by atoms with Gasteiger partial charge in [0.2, 0.25) is 0 Å². The summed E-state index contributed by atoms with van der Waals surface area (Å²) < 4.78 is 0. The maximum atomic E-state index is 2.36. The third kappa shape index (κ3) is 2.59. The predicted octanol–water partition coefficient (Wildman–Crippen LogP) is 1.95. The molecule has 0 saturated heterocycles. The molecule has 2 heteroatoms. The summed E-state index contributed by atoms with van der Waals surface area (Å²) in [5, 5.41) is 1.56. The number of hydrogen-bond donors (Lipinski definition) is 0. The smallest absolute Gasteiger partial charge is 0.0147 e. The maximum absolute atomic E-state index is 2.36. The van der Waals surface area contributed by atoms with Crippen LogP contribution in [0, 0.1) is 0 Å². The minimum Gasteiger partial charge on any atom is -0.214 e. The summed E-state index contributed by atoms with van der Waals surface area (Å²) in [5.41, 5.74) is 0. The zero-order valence-corrected chi connectivity index (χ0v) is 10.3. The van der Waals surface area contributed by atoms with Gasteiger partial charge in [-0.3, -0.25) is 0 Å². The fourth-order valence-corrected chi connectivity index (χ4v) is 2.07. The van der Waals surface area contributed by atoms with E-state index in [2.05, 4.69) is 43.9 Å². The van der Waals surface area contributed by atoms with Crippen LogP contribution in [0.1, 0.15) is 0 Å². The summed E-state index contributed by atoms with van der Waals surface area (Å²) >= 11 is 0. The van der Waals surface area contributed by atoms with Gasteiger partial charge in [0.05, 0.1) is 0 Å². The van der Waals surface area contributed by atoms with E-state index >= 15 is 0 Å². The van der Waals surface area contributed by atoms with Crippen LogP contribution in [0.4, 0.5) is 0 Å². The summed E-state index contributed by atoms with van der Waals surface area (Å²) in [5.74, 6) is 0. The molecule has 0 aliphatic carbocycles. The Balaban J connectivity index is 0.000000810. The van der Waals surface area contributed by atoms with Gasteiger partial charge in [0.15, 0.2) is 0 Å². The average molecular weight is 229 g/mol. The van der Waals surface area contributed by atoms with Crippen molar-refractivity contribution in [3.63, 3.8) is 0 Å². The monoisotopic (exact) mass is 227 g/mol. The van der Waals surface area contributed by atoms with Crippen molar-refractivity contribution in [3.05, 3.63) is 24.3 Å². The first-order valence-electron chi connectivity index (χ1n) is 3.33. The Bertz CT molecular complexity index is 172. The molecule has 0 heterocycles. The number of rotatable bonds is 1. The molecule has 0 N–H and O–H groups in total. The Morgan fingerprint density at radius 1 is 1.00 bits per heavy atom. The van der Waals surface area contributed by atoms with E-state index in [0.29, 0.717) is 0 Å². The summed E-state index contributed by atoms with van der Waals surface area (Å²) in [4.78, 5) is 0. The summed E-state index contributed by atoms with van der Waals surface area (Å²) in [7, 11) is -0.981. The van der Waals surface area contributed by atoms with Gasteiger partial charge in [-0.05, 0) is 0 Å². The molecule has 0 fully saturated rings. The van der Waals surface area contributed by atoms with Gasteiger partial charge in [-0.25, -0.2) is 12.1 Å². The third-order valence-electron chi connectivity index (χ3n) is 1.53. The molecule has 1 aromatic carbocycles. The molecule has 0 amide bonds. The summed E-state index contributed by atoms with van der Waals surface area (Å²) in [6, 6.07) is 8.69. The zero-order valence-electron chi connectivity index (χ0n) is 6.81. The van der Waals surface area contributed by atoms with Crippen LogP contribution in [0.5, 0.6) is 0 Å². The second kappa shape index (κ2) is 3.73. The first kappa shape index (κ1) is 10.4. The maximum Gasteiger partial charge on any atom is 0.0147 e. The van der Waals surface area contributed by atoms with Gasteiger partial charge >= 0.3 is 0 Å². The summed E-state index contributed by atoms with van der Waals surface area (Å²) in [6.45, 7) is 7.09. The first-order chi connectivity index (χ1) is 4.11. The van der Waals surface area contributed by atoms with Crippen LogP contribution in [0.25, 0.3) is 0 Å². The Labute approximate surface area is 83.1 Å². The average Bonchev–Trinajstić information content (AvgIpc) is 2.08. The molecule has 0 spiro atoms. The molecule has 0 aliphatic heterocycles.